The van der Waals surface area contributed by atoms with Gasteiger partial charge in [-0.1, -0.05) is 11.6 Å². The lowest BCUT2D eigenvalue weighted by Gasteiger charge is -2.33. The summed E-state index contributed by atoms with van der Waals surface area (Å²) in [6.45, 7) is 9.87. The van der Waals surface area contributed by atoms with Crippen molar-refractivity contribution in [1.29, 1.82) is 0 Å². The third-order valence-corrected chi connectivity index (χ3v) is 3.88. The Hall–Kier alpha value is -1.62. The first-order chi connectivity index (χ1) is 10.7. The Morgan fingerprint density at radius 3 is 2.00 bits per heavy atom. The molecule has 0 spiro atoms. The van der Waals surface area contributed by atoms with Gasteiger partial charge in [0.15, 0.2) is 0 Å². The molecule has 0 heterocycles. The molecule has 0 aliphatic heterocycles. The molecule has 1 atom stereocenters. The van der Waals surface area contributed by atoms with E-state index in [4.69, 9.17) is 21.1 Å². The van der Waals surface area contributed by atoms with Crippen LogP contribution in [0.2, 0.25) is 5.02 Å². The molecule has 0 aliphatic rings. The Morgan fingerprint density at radius 1 is 1.04 bits per heavy atom. The number of amides is 1. The number of carbonyl (C=O) groups excluding carboxylic acids is 1. The Kier molecular flexibility index (Phi) is 7.01. The number of hydrogen-bond acceptors (Lipinski definition) is 4. The van der Waals surface area contributed by atoms with Gasteiger partial charge in [-0.3, -0.25) is 4.79 Å². The van der Waals surface area contributed by atoms with E-state index in [2.05, 4.69) is 5.32 Å². The summed E-state index contributed by atoms with van der Waals surface area (Å²) in [6, 6.07) is 3.27. The van der Waals surface area contributed by atoms with Crippen LogP contribution in [0.25, 0.3) is 0 Å². The first-order valence-electron chi connectivity index (χ1n) is 7.73. The van der Waals surface area contributed by atoms with Gasteiger partial charge in [-0.2, -0.15) is 0 Å². The summed E-state index contributed by atoms with van der Waals surface area (Å²) in [6.07, 6.45) is 0. The molecule has 6 heteroatoms. The Morgan fingerprint density at radius 2 is 1.57 bits per heavy atom. The van der Waals surface area contributed by atoms with E-state index >= 15 is 0 Å². The van der Waals surface area contributed by atoms with Crippen LogP contribution in [0.5, 0.6) is 11.5 Å². The summed E-state index contributed by atoms with van der Waals surface area (Å²) in [5.41, 5.74) is 0.659. The van der Waals surface area contributed by atoms with Crippen molar-refractivity contribution in [1.82, 2.24) is 4.90 Å². The van der Waals surface area contributed by atoms with E-state index in [1.807, 2.05) is 39.5 Å². The normalized spacial score (nSPS) is 12.3. The monoisotopic (exact) mass is 342 g/mol. The highest BCUT2D eigenvalue weighted by Gasteiger charge is 2.25. The predicted octanol–water partition coefficient (Wildman–Crippen LogP) is 3.80. The lowest BCUT2D eigenvalue weighted by Crippen LogP contribution is -2.48. The third kappa shape index (κ3) is 4.67. The van der Waals surface area contributed by atoms with Crippen molar-refractivity contribution >= 4 is 23.2 Å². The van der Waals surface area contributed by atoms with E-state index in [0.29, 0.717) is 22.2 Å². The highest BCUT2D eigenvalue weighted by atomic mass is 35.5. The molecule has 130 valence electrons. The summed E-state index contributed by atoms with van der Waals surface area (Å²) < 4.78 is 10.5. The molecule has 1 N–H and O–H groups in total. The molecule has 0 saturated heterocycles. The fraction of sp³-hybridized carbons (Fsp3) is 0.588. The SMILES string of the molecule is COc1cc(OC)c(N[C@H](C)C(=O)N(C(C)C)C(C)C)cc1Cl. The maximum absolute atomic E-state index is 12.7. The van der Waals surface area contributed by atoms with Gasteiger partial charge in [0.25, 0.3) is 0 Å². The van der Waals surface area contributed by atoms with Crippen molar-refractivity contribution in [2.75, 3.05) is 19.5 Å². The van der Waals surface area contributed by atoms with Crippen LogP contribution >= 0.6 is 11.6 Å². The zero-order chi connectivity index (χ0) is 17.7. The lowest BCUT2D eigenvalue weighted by molar-refractivity contribution is -0.135. The Bertz CT molecular complexity index is 539. The third-order valence-electron chi connectivity index (χ3n) is 3.58. The zero-order valence-corrected chi connectivity index (χ0v) is 15.7. The smallest absolute Gasteiger partial charge is 0.245 e. The molecule has 23 heavy (non-hydrogen) atoms. The van der Waals surface area contributed by atoms with E-state index in [0.717, 1.165) is 0 Å². The number of nitrogens with zero attached hydrogens (tertiary/aromatic N) is 1. The fourth-order valence-corrected chi connectivity index (χ4v) is 2.84. The van der Waals surface area contributed by atoms with E-state index in [9.17, 15) is 4.79 Å². The first-order valence-corrected chi connectivity index (χ1v) is 8.10. The Balaban J connectivity index is 3.02. The predicted molar refractivity (Wildman–Crippen MR) is 94.8 cm³/mol. The van der Waals surface area contributed by atoms with Crippen molar-refractivity contribution in [3.8, 4) is 11.5 Å². The quantitative estimate of drug-likeness (QED) is 0.818. The minimum absolute atomic E-state index is 0.0315. The second-order valence-electron chi connectivity index (χ2n) is 5.99. The number of hydrogen-bond donors (Lipinski definition) is 1. The van der Waals surface area contributed by atoms with Crippen LogP contribution in [0.3, 0.4) is 0 Å². The van der Waals surface area contributed by atoms with Crippen LogP contribution in [-0.2, 0) is 4.79 Å². The molecular weight excluding hydrogens is 316 g/mol. The van der Waals surface area contributed by atoms with Crippen LogP contribution < -0.4 is 14.8 Å². The van der Waals surface area contributed by atoms with Crippen LogP contribution in [0.1, 0.15) is 34.6 Å². The molecule has 0 aromatic heterocycles. The number of benzene rings is 1. The first kappa shape index (κ1) is 19.4. The summed E-state index contributed by atoms with van der Waals surface area (Å²) in [5, 5.41) is 3.65. The molecule has 1 rings (SSSR count). The van der Waals surface area contributed by atoms with Crippen molar-refractivity contribution in [3.63, 3.8) is 0 Å². The maximum Gasteiger partial charge on any atom is 0.245 e. The van der Waals surface area contributed by atoms with Gasteiger partial charge in [-0.25, -0.2) is 0 Å². The molecule has 1 amide bonds. The zero-order valence-electron chi connectivity index (χ0n) is 14.9. The van der Waals surface area contributed by atoms with Gasteiger partial charge in [0.05, 0.1) is 24.9 Å². The number of nitrogens with one attached hydrogen (secondary N) is 1. The number of anilines is 1. The highest BCUT2D eigenvalue weighted by molar-refractivity contribution is 6.32. The summed E-state index contributed by atoms with van der Waals surface area (Å²) in [4.78, 5) is 14.6. The van der Waals surface area contributed by atoms with Gasteiger partial charge in [-0.05, 0) is 40.7 Å². The molecule has 0 saturated carbocycles. The molecule has 0 bridgehead atoms. The number of ether oxygens (including phenoxy) is 2. The van der Waals surface area contributed by atoms with Crippen molar-refractivity contribution < 1.29 is 14.3 Å². The van der Waals surface area contributed by atoms with Crippen molar-refractivity contribution in [3.05, 3.63) is 17.2 Å². The molecule has 1 aromatic carbocycles. The molecule has 1 aromatic rings. The highest BCUT2D eigenvalue weighted by Crippen LogP contribution is 2.36. The van der Waals surface area contributed by atoms with Gasteiger partial charge in [-0.15, -0.1) is 0 Å². The molecule has 0 fully saturated rings. The number of halogens is 1. The minimum atomic E-state index is -0.404. The van der Waals surface area contributed by atoms with Crippen LogP contribution in [0.15, 0.2) is 12.1 Å². The van der Waals surface area contributed by atoms with Gasteiger partial charge in [0.1, 0.15) is 17.5 Å². The van der Waals surface area contributed by atoms with Crippen LogP contribution in [0.4, 0.5) is 5.69 Å². The molecule has 5 nitrogen and oxygen atoms in total. The largest absolute Gasteiger partial charge is 0.495 e. The van der Waals surface area contributed by atoms with E-state index in [-0.39, 0.29) is 18.0 Å². The van der Waals surface area contributed by atoms with Crippen molar-refractivity contribution in [2.24, 2.45) is 0 Å². The van der Waals surface area contributed by atoms with Crippen LogP contribution in [-0.4, -0.2) is 43.2 Å². The van der Waals surface area contributed by atoms with Gasteiger partial charge in [0.2, 0.25) is 5.91 Å². The van der Waals surface area contributed by atoms with E-state index < -0.39 is 6.04 Å². The molecule has 0 radical (unpaired) electrons. The Labute approximate surface area is 143 Å². The average molecular weight is 343 g/mol. The van der Waals surface area contributed by atoms with Gasteiger partial charge < -0.3 is 19.7 Å². The molecular formula is C17H27ClN2O3. The van der Waals surface area contributed by atoms with E-state index in [1.54, 1.807) is 26.4 Å². The maximum atomic E-state index is 12.7. The summed E-state index contributed by atoms with van der Waals surface area (Å²) in [5.74, 6) is 1.13. The summed E-state index contributed by atoms with van der Waals surface area (Å²) in [7, 11) is 3.11. The molecule has 0 aliphatic carbocycles. The second-order valence-corrected chi connectivity index (χ2v) is 6.39. The van der Waals surface area contributed by atoms with Gasteiger partial charge in [0, 0.05) is 18.2 Å². The molecule has 0 unspecified atom stereocenters. The fourth-order valence-electron chi connectivity index (χ4n) is 2.60. The number of carbonyl (C=O) groups is 1. The number of rotatable bonds is 7. The topological polar surface area (TPSA) is 50.8 Å². The summed E-state index contributed by atoms with van der Waals surface area (Å²) >= 11 is 6.17. The van der Waals surface area contributed by atoms with Crippen molar-refractivity contribution in [2.45, 2.75) is 52.7 Å². The van der Waals surface area contributed by atoms with E-state index in [1.165, 1.54) is 0 Å². The lowest BCUT2D eigenvalue weighted by atomic mass is 10.1. The second kappa shape index (κ2) is 8.29. The van der Waals surface area contributed by atoms with Crippen LogP contribution in [0, 0.1) is 0 Å². The van der Waals surface area contributed by atoms with Gasteiger partial charge >= 0.3 is 0 Å². The minimum Gasteiger partial charge on any atom is -0.495 e. The standard InChI is InChI=1S/C17H27ClN2O3/c1-10(2)20(11(3)4)17(21)12(5)19-14-8-13(18)15(22-6)9-16(14)23-7/h8-12,19H,1-7H3/t12-/m1/s1. The number of methoxy groups -OCH3 is 2. The average Bonchev–Trinajstić information content (AvgIpc) is 2.46.